The second-order valence-electron chi connectivity index (χ2n) is 8.31. The molecule has 2 aliphatic rings. The molecule has 1 unspecified atom stereocenters. The molecule has 2 saturated heterocycles. The summed E-state index contributed by atoms with van der Waals surface area (Å²) in [5.41, 5.74) is 2.31. The largest absolute Gasteiger partial charge is 0.379 e. The van der Waals surface area contributed by atoms with Gasteiger partial charge in [0.25, 0.3) is 0 Å². The number of ether oxygens (including phenoxy) is 1. The highest BCUT2D eigenvalue weighted by molar-refractivity contribution is 7.89. The van der Waals surface area contributed by atoms with E-state index >= 15 is 0 Å². The lowest BCUT2D eigenvalue weighted by Gasteiger charge is -2.26. The zero-order valence-electron chi connectivity index (χ0n) is 18.8. The maximum absolute atomic E-state index is 12.8. The number of anilines is 2. The molecule has 2 aromatic carbocycles. The van der Waals surface area contributed by atoms with E-state index in [0.717, 1.165) is 11.3 Å². The SMILES string of the molecule is O=C(Nc1nc(-c2ccccc2)cs1)C1CC(=O)N(c2ccc(S(=O)(=O)N3CCOCC3)cc2)C1. The number of thiazole rings is 1. The first-order chi connectivity index (χ1) is 16.9. The number of hydrogen-bond donors (Lipinski definition) is 1. The third-order valence-corrected chi connectivity index (χ3v) is 8.73. The van der Waals surface area contributed by atoms with Crippen LogP contribution in [-0.2, 0) is 24.3 Å². The van der Waals surface area contributed by atoms with Crippen LogP contribution in [0.25, 0.3) is 11.3 Å². The van der Waals surface area contributed by atoms with Crippen molar-refractivity contribution in [3.8, 4) is 11.3 Å². The Balaban J connectivity index is 1.23. The summed E-state index contributed by atoms with van der Waals surface area (Å²) in [7, 11) is -3.61. The average Bonchev–Trinajstić information content (AvgIpc) is 3.52. The molecule has 182 valence electrons. The van der Waals surface area contributed by atoms with Gasteiger partial charge in [-0.25, -0.2) is 13.4 Å². The van der Waals surface area contributed by atoms with Crippen LogP contribution >= 0.6 is 11.3 Å². The molecule has 5 rings (SSSR count). The minimum absolute atomic E-state index is 0.0799. The van der Waals surface area contributed by atoms with Crippen LogP contribution in [0.4, 0.5) is 10.8 Å². The van der Waals surface area contributed by atoms with E-state index in [1.807, 2.05) is 35.7 Å². The fourth-order valence-electron chi connectivity index (χ4n) is 4.15. The Morgan fingerprint density at radius 1 is 1.06 bits per heavy atom. The van der Waals surface area contributed by atoms with E-state index in [0.29, 0.717) is 37.1 Å². The molecule has 1 aromatic heterocycles. The van der Waals surface area contributed by atoms with Crippen LogP contribution in [0.5, 0.6) is 0 Å². The number of carbonyl (C=O) groups is 2. The minimum Gasteiger partial charge on any atom is -0.379 e. The van der Waals surface area contributed by atoms with Crippen LogP contribution in [0, 0.1) is 5.92 Å². The molecule has 11 heteroatoms. The fraction of sp³-hybridized carbons (Fsp3) is 0.292. The van der Waals surface area contributed by atoms with Gasteiger partial charge >= 0.3 is 0 Å². The van der Waals surface area contributed by atoms with Crippen molar-refractivity contribution in [3.63, 3.8) is 0 Å². The maximum Gasteiger partial charge on any atom is 0.243 e. The van der Waals surface area contributed by atoms with Gasteiger partial charge in [0.05, 0.1) is 29.7 Å². The number of nitrogens with zero attached hydrogens (tertiary/aromatic N) is 3. The Labute approximate surface area is 207 Å². The molecule has 1 atom stereocenters. The number of rotatable bonds is 6. The van der Waals surface area contributed by atoms with Gasteiger partial charge in [0.15, 0.2) is 5.13 Å². The number of hydrogen-bond acceptors (Lipinski definition) is 7. The van der Waals surface area contributed by atoms with E-state index in [4.69, 9.17) is 4.74 Å². The Hall–Kier alpha value is -3.12. The van der Waals surface area contributed by atoms with E-state index in [1.54, 1.807) is 12.1 Å². The molecular formula is C24H24N4O5S2. The predicted molar refractivity (Wildman–Crippen MR) is 133 cm³/mol. The molecule has 0 aliphatic carbocycles. The molecule has 0 spiro atoms. The molecule has 3 heterocycles. The lowest BCUT2D eigenvalue weighted by molar-refractivity contribution is -0.122. The van der Waals surface area contributed by atoms with Gasteiger partial charge in [-0.1, -0.05) is 30.3 Å². The Morgan fingerprint density at radius 3 is 2.49 bits per heavy atom. The molecule has 0 bridgehead atoms. The smallest absolute Gasteiger partial charge is 0.243 e. The number of morpholine rings is 1. The quantitative estimate of drug-likeness (QED) is 0.544. The summed E-state index contributed by atoms with van der Waals surface area (Å²) in [4.78, 5) is 31.6. The van der Waals surface area contributed by atoms with E-state index in [1.165, 1.54) is 32.7 Å². The molecule has 1 N–H and O–H groups in total. The highest BCUT2D eigenvalue weighted by Crippen LogP contribution is 2.29. The normalized spacial score (nSPS) is 19.1. The first kappa shape index (κ1) is 23.6. The van der Waals surface area contributed by atoms with Crippen LogP contribution in [-0.4, -0.2) is 62.4 Å². The van der Waals surface area contributed by atoms with Crippen LogP contribution < -0.4 is 10.2 Å². The molecule has 2 amide bonds. The Kier molecular flexibility index (Phi) is 6.65. The van der Waals surface area contributed by atoms with Gasteiger partial charge in [0.1, 0.15) is 0 Å². The van der Waals surface area contributed by atoms with E-state index in [9.17, 15) is 18.0 Å². The summed E-state index contributed by atoms with van der Waals surface area (Å²) in [5.74, 6) is -0.970. The standard InChI is InChI=1S/C24H24N4O5S2/c29-22-14-18(23(30)26-24-25-21(16-34-24)17-4-2-1-3-5-17)15-28(22)19-6-8-20(9-7-19)35(31,32)27-10-12-33-13-11-27/h1-9,16,18H,10-15H2,(H,25,26,30). The second kappa shape index (κ2) is 9.86. The Morgan fingerprint density at radius 2 is 1.77 bits per heavy atom. The molecule has 3 aromatic rings. The number of carbonyl (C=O) groups excluding carboxylic acids is 2. The molecule has 2 aliphatic heterocycles. The summed E-state index contributed by atoms with van der Waals surface area (Å²) >= 11 is 1.33. The highest BCUT2D eigenvalue weighted by atomic mass is 32.2. The van der Waals surface area contributed by atoms with E-state index in [2.05, 4.69) is 10.3 Å². The van der Waals surface area contributed by atoms with Gasteiger partial charge in [0.2, 0.25) is 21.8 Å². The minimum atomic E-state index is -3.61. The summed E-state index contributed by atoms with van der Waals surface area (Å²) in [6, 6.07) is 15.9. The molecular weight excluding hydrogens is 488 g/mol. The zero-order valence-corrected chi connectivity index (χ0v) is 20.4. The fourth-order valence-corrected chi connectivity index (χ4v) is 6.28. The third-order valence-electron chi connectivity index (χ3n) is 6.06. The lowest BCUT2D eigenvalue weighted by Crippen LogP contribution is -2.40. The van der Waals surface area contributed by atoms with Crippen LogP contribution in [0.2, 0.25) is 0 Å². The van der Waals surface area contributed by atoms with Crippen molar-refractivity contribution < 1.29 is 22.7 Å². The van der Waals surface area contributed by atoms with Gasteiger partial charge in [0, 0.05) is 42.7 Å². The van der Waals surface area contributed by atoms with Gasteiger partial charge in [-0.05, 0) is 24.3 Å². The summed E-state index contributed by atoms with van der Waals surface area (Å²) in [6.45, 7) is 1.60. The van der Waals surface area contributed by atoms with Gasteiger partial charge in [-0.2, -0.15) is 4.31 Å². The number of aromatic nitrogens is 1. The second-order valence-corrected chi connectivity index (χ2v) is 11.1. The van der Waals surface area contributed by atoms with E-state index in [-0.39, 0.29) is 29.7 Å². The average molecular weight is 513 g/mol. The van der Waals surface area contributed by atoms with Crippen molar-refractivity contribution in [3.05, 3.63) is 60.0 Å². The number of sulfonamides is 1. The first-order valence-corrected chi connectivity index (χ1v) is 13.5. The molecule has 0 saturated carbocycles. The molecule has 9 nitrogen and oxygen atoms in total. The number of benzene rings is 2. The topological polar surface area (TPSA) is 109 Å². The summed E-state index contributed by atoms with van der Waals surface area (Å²) in [6.07, 6.45) is 0.0799. The monoisotopic (exact) mass is 512 g/mol. The van der Waals surface area contributed by atoms with E-state index < -0.39 is 15.9 Å². The van der Waals surface area contributed by atoms with Crippen LogP contribution in [0.3, 0.4) is 0 Å². The van der Waals surface area contributed by atoms with Crippen molar-refractivity contribution in [1.29, 1.82) is 0 Å². The van der Waals surface area contributed by atoms with Crippen molar-refractivity contribution in [2.24, 2.45) is 5.92 Å². The zero-order chi connectivity index (χ0) is 24.4. The van der Waals surface area contributed by atoms with Crippen molar-refractivity contribution in [2.75, 3.05) is 43.1 Å². The van der Waals surface area contributed by atoms with Gasteiger partial charge in [-0.15, -0.1) is 11.3 Å². The van der Waals surface area contributed by atoms with Gasteiger partial charge in [-0.3, -0.25) is 9.59 Å². The van der Waals surface area contributed by atoms with Crippen molar-refractivity contribution in [1.82, 2.24) is 9.29 Å². The maximum atomic E-state index is 12.8. The predicted octanol–water partition coefficient (Wildman–Crippen LogP) is 2.82. The summed E-state index contributed by atoms with van der Waals surface area (Å²) < 4.78 is 32.3. The molecule has 35 heavy (non-hydrogen) atoms. The number of amides is 2. The van der Waals surface area contributed by atoms with Crippen LogP contribution in [0.1, 0.15) is 6.42 Å². The van der Waals surface area contributed by atoms with Gasteiger partial charge < -0.3 is 15.0 Å². The molecule has 0 radical (unpaired) electrons. The number of nitrogens with one attached hydrogen (secondary N) is 1. The lowest BCUT2D eigenvalue weighted by atomic mass is 10.1. The highest BCUT2D eigenvalue weighted by Gasteiger charge is 2.36. The summed E-state index contributed by atoms with van der Waals surface area (Å²) in [5, 5.41) is 5.19. The first-order valence-electron chi connectivity index (χ1n) is 11.2. The Bertz CT molecular complexity index is 1320. The van der Waals surface area contributed by atoms with Crippen molar-refractivity contribution in [2.45, 2.75) is 11.3 Å². The van der Waals surface area contributed by atoms with Crippen LogP contribution in [0.15, 0.2) is 64.9 Å². The third kappa shape index (κ3) is 4.98. The van der Waals surface area contributed by atoms with Crippen molar-refractivity contribution >= 4 is 44.0 Å². The molecule has 2 fully saturated rings.